The molecule has 3 rings (SSSR count). The third-order valence-corrected chi connectivity index (χ3v) is 3.39. The Balaban J connectivity index is 1.67. The Kier molecular flexibility index (Phi) is 3.43. The zero-order valence-electron chi connectivity index (χ0n) is 11.2. The Morgan fingerprint density at radius 2 is 2.19 bits per heavy atom. The molecule has 1 heterocycles. The van der Waals surface area contributed by atoms with Crippen LogP contribution in [0, 0.1) is 0 Å². The van der Waals surface area contributed by atoms with E-state index in [2.05, 4.69) is 10.3 Å². The van der Waals surface area contributed by atoms with E-state index in [1.807, 2.05) is 0 Å². The third-order valence-electron chi connectivity index (χ3n) is 3.39. The fourth-order valence-corrected chi connectivity index (χ4v) is 2.15. The first-order valence-corrected chi connectivity index (χ1v) is 6.69. The molecule has 0 unspecified atom stereocenters. The van der Waals surface area contributed by atoms with Gasteiger partial charge in [-0.1, -0.05) is 12.1 Å². The van der Waals surface area contributed by atoms with Crippen LogP contribution in [0.1, 0.15) is 50.9 Å². The quantitative estimate of drug-likeness (QED) is 0.878. The summed E-state index contributed by atoms with van der Waals surface area (Å²) < 4.78 is 5.16. The average Bonchev–Trinajstić information content (AvgIpc) is 3.22. The Labute approximate surface area is 120 Å². The van der Waals surface area contributed by atoms with Crippen LogP contribution in [-0.2, 0) is 6.54 Å². The van der Waals surface area contributed by atoms with Crippen LogP contribution in [0.4, 0.5) is 0 Å². The van der Waals surface area contributed by atoms with Crippen molar-refractivity contribution in [1.29, 1.82) is 0 Å². The number of carbonyl (C=O) groups excluding carboxylic acids is 1. The van der Waals surface area contributed by atoms with Gasteiger partial charge < -0.3 is 14.8 Å². The molecule has 1 amide bonds. The zero-order chi connectivity index (χ0) is 14.8. The second-order valence-corrected chi connectivity index (χ2v) is 5.03. The number of carboxylic acid groups (broad SMARTS) is 1. The standard InChI is InChI=1S/C15H14N2O4/c18-14(13-12(10-4-5-10)17-8-21-13)16-7-9-2-1-3-11(6-9)15(19)20/h1-3,6,8,10H,4-5,7H2,(H,16,18)(H,19,20). The Morgan fingerprint density at radius 1 is 1.38 bits per heavy atom. The molecule has 6 nitrogen and oxygen atoms in total. The highest BCUT2D eigenvalue weighted by Gasteiger charge is 2.31. The summed E-state index contributed by atoms with van der Waals surface area (Å²) in [6.07, 6.45) is 3.36. The van der Waals surface area contributed by atoms with E-state index in [4.69, 9.17) is 9.52 Å². The van der Waals surface area contributed by atoms with E-state index < -0.39 is 5.97 Å². The number of hydrogen-bond acceptors (Lipinski definition) is 4. The topological polar surface area (TPSA) is 92.4 Å². The second kappa shape index (κ2) is 5.40. The summed E-state index contributed by atoms with van der Waals surface area (Å²) in [6, 6.07) is 6.45. The van der Waals surface area contributed by atoms with Gasteiger partial charge in [0.25, 0.3) is 5.91 Å². The molecule has 108 valence electrons. The monoisotopic (exact) mass is 286 g/mol. The maximum absolute atomic E-state index is 12.1. The number of amides is 1. The van der Waals surface area contributed by atoms with Crippen LogP contribution in [0.5, 0.6) is 0 Å². The van der Waals surface area contributed by atoms with E-state index in [1.165, 1.54) is 18.5 Å². The average molecular weight is 286 g/mol. The number of carboxylic acids is 1. The molecule has 0 saturated heterocycles. The summed E-state index contributed by atoms with van der Waals surface area (Å²) in [6.45, 7) is 0.241. The molecule has 21 heavy (non-hydrogen) atoms. The Bertz CT molecular complexity index is 688. The Morgan fingerprint density at radius 3 is 2.90 bits per heavy atom. The first-order chi connectivity index (χ1) is 10.1. The van der Waals surface area contributed by atoms with E-state index in [1.54, 1.807) is 12.1 Å². The van der Waals surface area contributed by atoms with Gasteiger partial charge >= 0.3 is 5.97 Å². The molecule has 6 heteroatoms. The summed E-state index contributed by atoms with van der Waals surface area (Å²) in [5.41, 5.74) is 1.63. The summed E-state index contributed by atoms with van der Waals surface area (Å²) >= 11 is 0. The van der Waals surface area contributed by atoms with Crippen molar-refractivity contribution >= 4 is 11.9 Å². The highest BCUT2D eigenvalue weighted by atomic mass is 16.4. The highest BCUT2D eigenvalue weighted by molar-refractivity contribution is 5.92. The van der Waals surface area contributed by atoms with Crippen molar-refractivity contribution in [2.24, 2.45) is 0 Å². The van der Waals surface area contributed by atoms with Crippen molar-refractivity contribution < 1.29 is 19.1 Å². The van der Waals surface area contributed by atoms with Crippen molar-refractivity contribution in [3.8, 4) is 0 Å². The predicted octanol–water partition coefficient (Wildman–Crippen LogP) is 2.18. The SMILES string of the molecule is O=C(O)c1cccc(CNC(=O)c2ocnc2C2CC2)c1. The minimum Gasteiger partial charge on any atom is -0.478 e. The molecule has 0 atom stereocenters. The minimum absolute atomic E-state index is 0.195. The van der Waals surface area contributed by atoms with Crippen molar-refractivity contribution in [1.82, 2.24) is 10.3 Å². The van der Waals surface area contributed by atoms with Crippen LogP contribution in [0.15, 0.2) is 35.1 Å². The van der Waals surface area contributed by atoms with Crippen LogP contribution >= 0.6 is 0 Å². The van der Waals surface area contributed by atoms with E-state index in [-0.39, 0.29) is 23.8 Å². The van der Waals surface area contributed by atoms with E-state index in [0.717, 1.165) is 18.4 Å². The van der Waals surface area contributed by atoms with Gasteiger partial charge in [0.2, 0.25) is 5.76 Å². The minimum atomic E-state index is -0.991. The van der Waals surface area contributed by atoms with Gasteiger partial charge in [-0.2, -0.15) is 0 Å². The molecule has 1 aliphatic carbocycles. The van der Waals surface area contributed by atoms with Crippen molar-refractivity contribution in [2.45, 2.75) is 25.3 Å². The van der Waals surface area contributed by atoms with Gasteiger partial charge in [-0.05, 0) is 30.5 Å². The largest absolute Gasteiger partial charge is 0.478 e. The van der Waals surface area contributed by atoms with E-state index in [9.17, 15) is 9.59 Å². The van der Waals surface area contributed by atoms with Crippen LogP contribution < -0.4 is 5.32 Å². The first-order valence-electron chi connectivity index (χ1n) is 6.69. The van der Waals surface area contributed by atoms with Crippen LogP contribution in [-0.4, -0.2) is 22.0 Å². The lowest BCUT2D eigenvalue weighted by Crippen LogP contribution is -2.23. The predicted molar refractivity (Wildman–Crippen MR) is 73.0 cm³/mol. The molecule has 1 aromatic carbocycles. The fourth-order valence-electron chi connectivity index (χ4n) is 2.15. The number of aromatic carboxylic acids is 1. The second-order valence-electron chi connectivity index (χ2n) is 5.03. The number of benzene rings is 1. The number of nitrogens with zero attached hydrogens (tertiary/aromatic N) is 1. The molecule has 1 aromatic heterocycles. The molecule has 0 aliphatic heterocycles. The van der Waals surface area contributed by atoms with Gasteiger partial charge in [0.15, 0.2) is 6.39 Å². The number of carbonyl (C=O) groups is 2. The van der Waals surface area contributed by atoms with Gasteiger partial charge in [0.05, 0.1) is 11.3 Å². The molecule has 0 radical (unpaired) electrons. The fraction of sp³-hybridized carbons (Fsp3) is 0.267. The molecular formula is C15H14N2O4. The lowest BCUT2D eigenvalue weighted by molar-refractivity contribution is 0.0696. The number of hydrogen-bond donors (Lipinski definition) is 2. The summed E-state index contributed by atoms with van der Waals surface area (Å²) in [4.78, 5) is 27.1. The number of nitrogens with one attached hydrogen (secondary N) is 1. The van der Waals surface area contributed by atoms with Gasteiger partial charge in [0, 0.05) is 12.5 Å². The van der Waals surface area contributed by atoms with E-state index in [0.29, 0.717) is 11.6 Å². The number of oxazole rings is 1. The van der Waals surface area contributed by atoms with Crippen molar-refractivity contribution in [3.63, 3.8) is 0 Å². The molecular weight excluding hydrogens is 272 g/mol. The third kappa shape index (κ3) is 2.94. The summed E-state index contributed by atoms with van der Waals surface area (Å²) in [7, 11) is 0. The maximum atomic E-state index is 12.1. The molecule has 1 saturated carbocycles. The molecule has 2 aromatic rings. The van der Waals surface area contributed by atoms with E-state index >= 15 is 0 Å². The Hall–Kier alpha value is -2.63. The maximum Gasteiger partial charge on any atom is 0.335 e. The van der Waals surface area contributed by atoms with Crippen molar-refractivity contribution in [3.05, 3.63) is 53.2 Å². The van der Waals surface area contributed by atoms with Gasteiger partial charge in [-0.3, -0.25) is 4.79 Å². The molecule has 2 N–H and O–H groups in total. The summed E-state index contributed by atoms with van der Waals surface area (Å²) in [5.74, 6) is -0.726. The van der Waals surface area contributed by atoms with Crippen LogP contribution in [0.2, 0.25) is 0 Å². The number of rotatable bonds is 5. The summed E-state index contributed by atoms with van der Waals surface area (Å²) in [5, 5.41) is 11.7. The number of aromatic nitrogens is 1. The molecule has 1 aliphatic rings. The smallest absolute Gasteiger partial charge is 0.335 e. The van der Waals surface area contributed by atoms with Crippen LogP contribution in [0.3, 0.4) is 0 Å². The molecule has 1 fully saturated rings. The highest BCUT2D eigenvalue weighted by Crippen LogP contribution is 2.40. The van der Waals surface area contributed by atoms with Gasteiger partial charge in [0.1, 0.15) is 0 Å². The molecule has 0 spiro atoms. The van der Waals surface area contributed by atoms with Crippen molar-refractivity contribution in [2.75, 3.05) is 0 Å². The van der Waals surface area contributed by atoms with Gasteiger partial charge in [-0.25, -0.2) is 9.78 Å². The zero-order valence-corrected chi connectivity index (χ0v) is 11.2. The van der Waals surface area contributed by atoms with Crippen LogP contribution in [0.25, 0.3) is 0 Å². The normalized spacial score (nSPS) is 13.9. The lowest BCUT2D eigenvalue weighted by Gasteiger charge is -2.05. The molecule has 0 bridgehead atoms. The lowest BCUT2D eigenvalue weighted by atomic mass is 10.1. The van der Waals surface area contributed by atoms with Gasteiger partial charge in [-0.15, -0.1) is 0 Å². The first kappa shape index (κ1) is 13.4.